The average Bonchev–Trinajstić information content (AvgIpc) is 3.14. The van der Waals surface area contributed by atoms with Crippen molar-refractivity contribution in [3.8, 4) is 0 Å². The van der Waals surface area contributed by atoms with Gasteiger partial charge in [0.2, 0.25) is 0 Å². The zero-order valence-corrected chi connectivity index (χ0v) is 12.9. The first-order chi connectivity index (χ1) is 9.68. The molecular weight excluding hydrogens is 327 g/mol. The van der Waals surface area contributed by atoms with Crippen LogP contribution >= 0.6 is 11.6 Å². The molecule has 0 aromatic heterocycles. The number of aliphatic hydroxyl groups excluding tert-OH is 1. The van der Waals surface area contributed by atoms with Gasteiger partial charge in [-0.15, -0.1) is 0 Å². The number of benzene rings is 1. The molecule has 1 N–H and O–H groups in total. The van der Waals surface area contributed by atoms with Gasteiger partial charge >= 0.3 is 17.1 Å². The Morgan fingerprint density at radius 2 is 1.71 bits per heavy atom. The standard InChI is InChI=1S/C12H9ClO2.C5H5.Fe/c13-11-7-9(8-3-1-2-4-8)5-6-10(11)12(14)15;1-2-4-5-3-1;/h1-7,14-15H;1-5H;/q;-1;+2/p-1. The normalized spacial score (nSPS) is 13.3. The Labute approximate surface area is 138 Å². The molecule has 2 aromatic rings. The summed E-state index contributed by atoms with van der Waals surface area (Å²) in [5.41, 5.74) is 1.04. The van der Waals surface area contributed by atoms with E-state index in [1.54, 1.807) is 12.1 Å². The molecule has 0 fully saturated rings. The summed E-state index contributed by atoms with van der Waals surface area (Å²) in [6, 6.07) is 14.9. The van der Waals surface area contributed by atoms with Gasteiger partial charge in [-0.1, -0.05) is 48.0 Å². The molecule has 0 unspecified atom stereocenters. The second-order valence-corrected chi connectivity index (χ2v) is 4.54. The minimum absolute atomic E-state index is 0. The van der Waals surface area contributed by atoms with Gasteiger partial charge in [-0.2, -0.15) is 18.2 Å². The van der Waals surface area contributed by atoms with Crippen LogP contribution in [-0.2, 0) is 17.1 Å². The van der Waals surface area contributed by atoms with Crippen molar-refractivity contribution in [1.82, 2.24) is 0 Å². The molecule has 2 aromatic carbocycles. The van der Waals surface area contributed by atoms with E-state index in [4.69, 9.17) is 16.7 Å². The van der Waals surface area contributed by atoms with Crippen LogP contribution in [0, 0.1) is 0 Å². The van der Waals surface area contributed by atoms with Crippen LogP contribution in [0.25, 0.3) is 11.5 Å². The van der Waals surface area contributed by atoms with Crippen molar-refractivity contribution in [3.05, 3.63) is 88.3 Å². The van der Waals surface area contributed by atoms with Gasteiger partial charge in [0.25, 0.3) is 0 Å². The zero-order chi connectivity index (χ0) is 14.4. The molecule has 0 radical (unpaired) electrons. The second kappa shape index (κ2) is 8.48. The minimum atomic E-state index is -1.01. The van der Waals surface area contributed by atoms with E-state index in [1.165, 1.54) is 6.07 Å². The quantitative estimate of drug-likeness (QED) is 0.589. The fourth-order valence-electron chi connectivity index (χ4n) is 1.76. The smallest absolute Gasteiger partial charge is 0.629 e. The van der Waals surface area contributed by atoms with Gasteiger partial charge in [0.15, 0.2) is 0 Å². The van der Waals surface area contributed by atoms with Crippen LogP contribution in [-0.4, -0.2) is 5.11 Å². The molecule has 2 nitrogen and oxygen atoms in total. The van der Waals surface area contributed by atoms with Crippen LogP contribution in [0.3, 0.4) is 0 Å². The van der Waals surface area contributed by atoms with Crippen LogP contribution in [0.4, 0.5) is 0 Å². The third-order valence-electron chi connectivity index (χ3n) is 2.75. The number of aliphatic hydroxyl groups is 1. The summed E-state index contributed by atoms with van der Waals surface area (Å²) in [7, 11) is 0. The van der Waals surface area contributed by atoms with Crippen LogP contribution in [0.15, 0.2) is 72.8 Å². The average molecular weight is 341 g/mol. The van der Waals surface area contributed by atoms with Crippen molar-refractivity contribution >= 4 is 23.1 Å². The maximum Gasteiger partial charge on any atom is 2.00 e. The van der Waals surface area contributed by atoms with E-state index in [1.807, 2.05) is 54.6 Å². The van der Waals surface area contributed by atoms with E-state index in [9.17, 15) is 5.11 Å². The summed E-state index contributed by atoms with van der Waals surface area (Å²) in [6.07, 6.45) is 7.75. The molecular formula is C17H13ClFeO2. The molecule has 1 aliphatic rings. The summed E-state index contributed by atoms with van der Waals surface area (Å²) >= 11 is 5.86. The van der Waals surface area contributed by atoms with Crippen LogP contribution in [0.2, 0.25) is 5.02 Å². The summed E-state index contributed by atoms with van der Waals surface area (Å²) in [4.78, 5) is 0. The second-order valence-electron chi connectivity index (χ2n) is 4.14. The minimum Gasteiger partial charge on any atom is -0.629 e. The molecule has 0 spiro atoms. The summed E-state index contributed by atoms with van der Waals surface area (Å²) in [6.45, 7) is 0. The molecule has 0 saturated heterocycles. The number of hydrogen-bond donors (Lipinski definition) is 1. The van der Waals surface area contributed by atoms with Crippen molar-refractivity contribution in [3.63, 3.8) is 0 Å². The van der Waals surface area contributed by atoms with Crippen LogP contribution in [0.1, 0.15) is 0 Å². The fraction of sp³-hybridized carbons (Fsp3) is 0. The third-order valence-corrected chi connectivity index (χ3v) is 3.06. The Morgan fingerprint density at radius 3 is 2.14 bits per heavy atom. The molecule has 1 aliphatic carbocycles. The van der Waals surface area contributed by atoms with Crippen LogP contribution < -0.4 is 15.5 Å². The Hall–Kier alpha value is -1.80. The SMILES string of the molecule is [Fe+2].[O-]/C(O)=c1/ccc(=C2C=CC=C2)cc1Cl.c1cc[cH-]c1. The van der Waals surface area contributed by atoms with Crippen molar-refractivity contribution in [2.24, 2.45) is 0 Å². The predicted molar refractivity (Wildman–Crippen MR) is 80.5 cm³/mol. The molecule has 0 heterocycles. The van der Waals surface area contributed by atoms with E-state index < -0.39 is 5.95 Å². The molecule has 0 bridgehead atoms. The van der Waals surface area contributed by atoms with E-state index >= 15 is 0 Å². The van der Waals surface area contributed by atoms with Gasteiger partial charge in [0, 0.05) is 5.22 Å². The first-order valence-corrected chi connectivity index (χ1v) is 6.48. The summed E-state index contributed by atoms with van der Waals surface area (Å²) < 4.78 is 0. The van der Waals surface area contributed by atoms with Crippen molar-refractivity contribution < 1.29 is 27.3 Å². The van der Waals surface area contributed by atoms with Gasteiger partial charge in [-0.3, -0.25) is 0 Å². The summed E-state index contributed by atoms with van der Waals surface area (Å²) in [5.74, 6) is -1.01. The first kappa shape index (κ1) is 17.3. The van der Waals surface area contributed by atoms with Crippen molar-refractivity contribution in [2.75, 3.05) is 0 Å². The van der Waals surface area contributed by atoms with Gasteiger partial charge in [0.05, 0.1) is 11.0 Å². The molecule has 3 rings (SSSR count). The zero-order valence-electron chi connectivity index (χ0n) is 11.0. The fourth-order valence-corrected chi connectivity index (χ4v) is 2.02. The summed E-state index contributed by atoms with van der Waals surface area (Å²) in [5, 5.41) is 20.9. The van der Waals surface area contributed by atoms with E-state index in [0.29, 0.717) is 0 Å². The first-order valence-electron chi connectivity index (χ1n) is 6.10. The van der Waals surface area contributed by atoms with E-state index in [-0.39, 0.29) is 27.3 Å². The van der Waals surface area contributed by atoms with E-state index in [2.05, 4.69) is 0 Å². The molecule has 4 heteroatoms. The third kappa shape index (κ3) is 4.91. The Morgan fingerprint density at radius 1 is 1.10 bits per heavy atom. The van der Waals surface area contributed by atoms with Gasteiger partial charge in [-0.05, 0) is 16.9 Å². The number of rotatable bonds is 0. The number of allylic oxidation sites excluding steroid dienone is 4. The van der Waals surface area contributed by atoms with Gasteiger partial charge < -0.3 is 10.2 Å². The molecule has 0 amide bonds. The molecule has 0 atom stereocenters. The molecule has 21 heavy (non-hydrogen) atoms. The van der Waals surface area contributed by atoms with Crippen molar-refractivity contribution in [2.45, 2.75) is 0 Å². The largest absolute Gasteiger partial charge is 2.00 e. The Bertz CT molecular complexity index is 708. The Kier molecular flexibility index (Phi) is 6.96. The number of halogens is 1. The molecule has 0 saturated carbocycles. The molecule has 108 valence electrons. The van der Waals surface area contributed by atoms with Gasteiger partial charge in [-0.25, -0.2) is 12.1 Å². The topological polar surface area (TPSA) is 43.3 Å². The monoisotopic (exact) mass is 340 g/mol. The molecule has 0 aliphatic heterocycles. The van der Waals surface area contributed by atoms with Gasteiger partial charge in [0.1, 0.15) is 0 Å². The van der Waals surface area contributed by atoms with Crippen molar-refractivity contribution in [1.29, 1.82) is 0 Å². The Balaban J connectivity index is 0.000000313. The predicted octanol–water partition coefficient (Wildman–Crippen LogP) is 2.00. The van der Waals surface area contributed by atoms with Crippen LogP contribution in [0.5, 0.6) is 0 Å². The van der Waals surface area contributed by atoms with E-state index in [0.717, 1.165) is 10.8 Å². The maximum absolute atomic E-state index is 10.7. The maximum atomic E-state index is 10.7. The number of hydrogen-bond acceptors (Lipinski definition) is 2.